The maximum absolute atomic E-state index is 13.2. The summed E-state index contributed by atoms with van der Waals surface area (Å²) < 4.78 is 5.57. The second-order valence-electron chi connectivity index (χ2n) is 7.23. The van der Waals surface area contributed by atoms with Crippen molar-refractivity contribution in [3.05, 3.63) is 64.8 Å². The Kier molecular flexibility index (Phi) is 3.86. The number of aromatic nitrogens is 1. The fraction of sp³-hybridized carbons (Fsp3) is 0.286. The highest BCUT2D eigenvalue weighted by molar-refractivity contribution is 6.20. The van der Waals surface area contributed by atoms with Gasteiger partial charge in [-0.05, 0) is 29.8 Å². The molecule has 1 heterocycles. The Balaban J connectivity index is 1.82. The van der Waals surface area contributed by atoms with E-state index in [0.29, 0.717) is 11.3 Å². The molecule has 0 amide bonds. The Bertz CT molecular complexity index is 1000. The Labute approximate surface area is 151 Å². The van der Waals surface area contributed by atoms with E-state index in [1.165, 1.54) is 0 Å². The van der Waals surface area contributed by atoms with Gasteiger partial charge < -0.3 is 19.9 Å². The molecule has 0 fully saturated rings. The molecule has 0 saturated carbocycles. The minimum absolute atomic E-state index is 0.00129. The summed E-state index contributed by atoms with van der Waals surface area (Å²) in [6.07, 6.45) is -0.930. The van der Waals surface area contributed by atoms with Crippen molar-refractivity contribution in [3.63, 3.8) is 0 Å². The fourth-order valence-electron chi connectivity index (χ4n) is 3.69. The number of ether oxygens (including phenoxy) is 1. The average molecular weight is 351 g/mol. The zero-order valence-electron chi connectivity index (χ0n) is 14.7. The second-order valence-corrected chi connectivity index (χ2v) is 7.23. The third-order valence-corrected chi connectivity index (χ3v) is 5.12. The number of ketones is 1. The zero-order valence-corrected chi connectivity index (χ0v) is 14.7. The largest absolute Gasteiger partial charge is 0.491 e. The van der Waals surface area contributed by atoms with Gasteiger partial charge in [-0.25, -0.2) is 0 Å². The number of aliphatic hydroxyl groups is 2. The lowest BCUT2D eigenvalue weighted by Gasteiger charge is -2.32. The van der Waals surface area contributed by atoms with Gasteiger partial charge >= 0.3 is 0 Å². The molecule has 0 aliphatic heterocycles. The summed E-state index contributed by atoms with van der Waals surface area (Å²) in [5, 5.41) is 19.3. The van der Waals surface area contributed by atoms with Crippen LogP contribution < -0.4 is 4.74 Å². The molecule has 4 rings (SSSR count). The van der Waals surface area contributed by atoms with Crippen molar-refractivity contribution in [2.24, 2.45) is 0 Å². The van der Waals surface area contributed by atoms with Crippen molar-refractivity contribution < 1.29 is 19.7 Å². The number of carbonyl (C=O) groups excluding carboxylic acids is 1. The first-order valence-electron chi connectivity index (χ1n) is 8.65. The summed E-state index contributed by atoms with van der Waals surface area (Å²) in [4.78, 5) is 16.6. The van der Waals surface area contributed by atoms with E-state index in [2.05, 4.69) is 18.8 Å². The highest BCUT2D eigenvalue weighted by Gasteiger charge is 2.39. The highest BCUT2D eigenvalue weighted by Crippen LogP contribution is 2.44. The maximum Gasteiger partial charge on any atom is 0.195 e. The normalized spacial score (nSPS) is 16.2. The molecule has 0 unspecified atom stereocenters. The van der Waals surface area contributed by atoms with Gasteiger partial charge in [-0.2, -0.15) is 0 Å². The second kappa shape index (κ2) is 5.97. The molecule has 1 aromatic heterocycles. The van der Waals surface area contributed by atoms with Crippen LogP contribution in [0.2, 0.25) is 0 Å². The van der Waals surface area contributed by atoms with Gasteiger partial charge in [0, 0.05) is 27.6 Å². The van der Waals surface area contributed by atoms with E-state index >= 15 is 0 Å². The zero-order chi connectivity index (χ0) is 18.5. The topological polar surface area (TPSA) is 82.5 Å². The SMILES string of the molecule is CC1(C)c2cc(OC[C@H](O)CO)ccc2C(=O)c2c1[nH]c1ccccc21. The van der Waals surface area contributed by atoms with Gasteiger partial charge in [0.05, 0.1) is 12.2 Å². The molecular weight excluding hydrogens is 330 g/mol. The van der Waals surface area contributed by atoms with E-state index in [-0.39, 0.29) is 19.0 Å². The molecule has 26 heavy (non-hydrogen) atoms. The van der Waals surface area contributed by atoms with E-state index in [9.17, 15) is 9.90 Å². The minimum atomic E-state index is -0.930. The van der Waals surface area contributed by atoms with Gasteiger partial charge in [0.15, 0.2) is 5.78 Å². The first-order chi connectivity index (χ1) is 12.4. The summed E-state index contributed by atoms with van der Waals surface area (Å²) in [5.74, 6) is 0.574. The molecule has 5 nitrogen and oxygen atoms in total. The van der Waals surface area contributed by atoms with Crippen LogP contribution in [0.1, 0.15) is 41.0 Å². The third kappa shape index (κ3) is 2.43. The van der Waals surface area contributed by atoms with Crippen LogP contribution in [-0.2, 0) is 5.41 Å². The van der Waals surface area contributed by atoms with E-state index in [1.807, 2.05) is 30.3 Å². The number of aliphatic hydroxyl groups excluding tert-OH is 2. The van der Waals surface area contributed by atoms with Gasteiger partial charge in [-0.3, -0.25) is 4.79 Å². The monoisotopic (exact) mass is 351 g/mol. The third-order valence-electron chi connectivity index (χ3n) is 5.12. The molecule has 0 bridgehead atoms. The molecule has 134 valence electrons. The van der Waals surface area contributed by atoms with Crippen LogP contribution in [0, 0.1) is 0 Å². The lowest BCUT2D eigenvalue weighted by Crippen LogP contribution is -2.30. The molecule has 3 aromatic rings. The van der Waals surface area contributed by atoms with Crippen LogP contribution >= 0.6 is 0 Å². The first kappa shape index (κ1) is 16.8. The highest BCUT2D eigenvalue weighted by atomic mass is 16.5. The van der Waals surface area contributed by atoms with Crippen molar-refractivity contribution in [1.82, 2.24) is 4.98 Å². The number of hydrogen-bond acceptors (Lipinski definition) is 4. The molecule has 1 aliphatic carbocycles. The molecule has 5 heteroatoms. The number of para-hydroxylation sites is 1. The van der Waals surface area contributed by atoms with Crippen LogP contribution in [0.4, 0.5) is 0 Å². The fourth-order valence-corrected chi connectivity index (χ4v) is 3.69. The molecule has 2 aromatic carbocycles. The molecule has 3 N–H and O–H groups in total. The molecule has 1 atom stereocenters. The molecular formula is C21H21NO4. The number of H-pyrrole nitrogens is 1. The Hall–Kier alpha value is -2.63. The lowest BCUT2D eigenvalue weighted by molar-refractivity contribution is 0.0535. The van der Waals surface area contributed by atoms with E-state index in [4.69, 9.17) is 9.84 Å². The van der Waals surface area contributed by atoms with E-state index in [0.717, 1.165) is 27.7 Å². The smallest absolute Gasteiger partial charge is 0.195 e. The number of fused-ring (bicyclic) bond motifs is 4. The van der Waals surface area contributed by atoms with Crippen molar-refractivity contribution in [3.8, 4) is 5.75 Å². The van der Waals surface area contributed by atoms with Crippen LogP contribution in [0.3, 0.4) is 0 Å². The quantitative estimate of drug-likeness (QED) is 0.675. The number of aromatic amines is 1. The summed E-state index contributed by atoms with van der Waals surface area (Å²) in [5.41, 5.74) is 3.76. The van der Waals surface area contributed by atoms with E-state index in [1.54, 1.807) is 12.1 Å². The summed E-state index contributed by atoms with van der Waals surface area (Å²) in [6.45, 7) is 3.81. The maximum atomic E-state index is 13.2. The summed E-state index contributed by atoms with van der Waals surface area (Å²) in [6, 6.07) is 13.2. The molecule has 0 spiro atoms. The van der Waals surface area contributed by atoms with Crippen LogP contribution in [0.15, 0.2) is 42.5 Å². The Morgan fingerprint density at radius 1 is 1.19 bits per heavy atom. The van der Waals surface area contributed by atoms with Crippen LogP contribution in [-0.4, -0.2) is 40.3 Å². The van der Waals surface area contributed by atoms with Gasteiger partial charge in [0.2, 0.25) is 0 Å². The number of carbonyl (C=O) groups is 1. The minimum Gasteiger partial charge on any atom is -0.491 e. The number of hydrogen-bond donors (Lipinski definition) is 3. The molecule has 0 radical (unpaired) electrons. The standard InChI is InChI=1S/C21H21NO4/c1-21(2)16-9-13(26-11-12(24)10-23)7-8-14(16)19(25)18-15-5-3-4-6-17(15)22-20(18)21/h3-9,12,22-24H,10-11H2,1-2H3/t12-/m1/s1. The van der Waals surface area contributed by atoms with Gasteiger partial charge in [0.25, 0.3) is 0 Å². The van der Waals surface area contributed by atoms with Crippen molar-refractivity contribution >= 4 is 16.7 Å². The molecule has 1 aliphatic rings. The predicted octanol–water partition coefficient (Wildman–Crippen LogP) is 2.77. The van der Waals surface area contributed by atoms with Gasteiger partial charge in [0.1, 0.15) is 18.5 Å². The Morgan fingerprint density at radius 2 is 1.96 bits per heavy atom. The summed E-state index contributed by atoms with van der Waals surface area (Å²) in [7, 11) is 0. The van der Waals surface area contributed by atoms with Gasteiger partial charge in [-0.1, -0.05) is 32.0 Å². The Morgan fingerprint density at radius 3 is 2.73 bits per heavy atom. The number of benzene rings is 2. The first-order valence-corrected chi connectivity index (χ1v) is 8.65. The average Bonchev–Trinajstić information content (AvgIpc) is 3.05. The van der Waals surface area contributed by atoms with Crippen LogP contribution in [0.5, 0.6) is 5.75 Å². The van der Waals surface area contributed by atoms with E-state index < -0.39 is 11.5 Å². The van der Waals surface area contributed by atoms with Crippen LogP contribution in [0.25, 0.3) is 10.9 Å². The van der Waals surface area contributed by atoms with Gasteiger partial charge in [-0.15, -0.1) is 0 Å². The van der Waals surface area contributed by atoms with Crippen molar-refractivity contribution in [1.29, 1.82) is 0 Å². The lowest BCUT2D eigenvalue weighted by atomic mass is 9.71. The summed E-state index contributed by atoms with van der Waals surface area (Å²) >= 11 is 0. The number of nitrogens with one attached hydrogen (secondary N) is 1. The number of rotatable bonds is 4. The van der Waals surface area contributed by atoms with Crippen molar-refractivity contribution in [2.75, 3.05) is 13.2 Å². The molecule has 0 saturated heterocycles. The van der Waals surface area contributed by atoms with Crippen molar-refractivity contribution in [2.45, 2.75) is 25.4 Å². The predicted molar refractivity (Wildman–Crippen MR) is 98.9 cm³/mol.